The molecular formula is C22H20N2O2. The zero-order chi connectivity index (χ0) is 17.9. The SMILES string of the molecule is O=C(CN1C=C(C(=O)c2cc3ccccc3[nH]2)CCC1)c1ccccc1. The fourth-order valence-corrected chi connectivity index (χ4v) is 3.39. The van der Waals surface area contributed by atoms with Crippen molar-refractivity contribution in [1.29, 1.82) is 0 Å². The third-order valence-corrected chi connectivity index (χ3v) is 4.74. The number of hydrogen-bond acceptors (Lipinski definition) is 3. The Morgan fingerprint density at radius 2 is 1.77 bits per heavy atom. The molecular weight excluding hydrogens is 324 g/mol. The summed E-state index contributed by atoms with van der Waals surface area (Å²) < 4.78 is 0. The van der Waals surface area contributed by atoms with E-state index in [9.17, 15) is 9.59 Å². The number of fused-ring (bicyclic) bond motifs is 1. The number of aromatic nitrogens is 1. The monoisotopic (exact) mass is 344 g/mol. The van der Waals surface area contributed by atoms with Gasteiger partial charge in [0, 0.05) is 34.8 Å². The van der Waals surface area contributed by atoms with Crippen molar-refractivity contribution in [2.45, 2.75) is 12.8 Å². The molecule has 1 aromatic heterocycles. The van der Waals surface area contributed by atoms with Gasteiger partial charge in [0.25, 0.3) is 0 Å². The van der Waals surface area contributed by atoms with Crippen LogP contribution in [0.5, 0.6) is 0 Å². The Balaban J connectivity index is 1.52. The van der Waals surface area contributed by atoms with Crippen LogP contribution in [0.25, 0.3) is 10.9 Å². The molecule has 1 aliphatic heterocycles. The van der Waals surface area contributed by atoms with Crippen molar-refractivity contribution in [2.75, 3.05) is 13.1 Å². The molecule has 1 aliphatic rings. The van der Waals surface area contributed by atoms with Crippen molar-refractivity contribution in [3.63, 3.8) is 0 Å². The van der Waals surface area contributed by atoms with Crippen LogP contribution in [0.1, 0.15) is 33.7 Å². The lowest BCUT2D eigenvalue weighted by Gasteiger charge is -2.25. The van der Waals surface area contributed by atoms with Gasteiger partial charge in [-0.05, 0) is 25.0 Å². The minimum absolute atomic E-state index is 0.0121. The predicted molar refractivity (Wildman–Crippen MR) is 102 cm³/mol. The van der Waals surface area contributed by atoms with Gasteiger partial charge in [0.1, 0.15) is 0 Å². The normalized spacial score (nSPS) is 14.3. The summed E-state index contributed by atoms with van der Waals surface area (Å²) in [5, 5.41) is 1.03. The lowest BCUT2D eigenvalue weighted by molar-refractivity contribution is 0.0942. The van der Waals surface area contributed by atoms with Crippen LogP contribution < -0.4 is 0 Å². The summed E-state index contributed by atoms with van der Waals surface area (Å²) in [6.07, 6.45) is 3.47. The molecule has 2 heterocycles. The maximum absolute atomic E-state index is 12.9. The van der Waals surface area contributed by atoms with Crippen molar-refractivity contribution in [3.05, 3.63) is 83.7 Å². The Labute approximate surface area is 152 Å². The maximum Gasteiger partial charge on any atom is 0.206 e. The third kappa shape index (κ3) is 3.31. The van der Waals surface area contributed by atoms with Crippen LogP contribution in [-0.4, -0.2) is 34.5 Å². The number of ketones is 2. The van der Waals surface area contributed by atoms with Crippen LogP contribution >= 0.6 is 0 Å². The molecule has 0 saturated heterocycles. The van der Waals surface area contributed by atoms with Gasteiger partial charge in [-0.2, -0.15) is 0 Å². The molecule has 3 aromatic rings. The van der Waals surface area contributed by atoms with Crippen LogP contribution in [0.15, 0.2) is 72.4 Å². The van der Waals surface area contributed by atoms with E-state index in [-0.39, 0.29) is 11.6 Å². The molecule has 0 fully saturated rings. The largest absolute Gasteiger partial charge is 0.369 e. The highest BCUT2D eigenvalue weighted by Crippen LogP contribution is 2.22. The van der Waals surface area contributed by atoms with E-state index >= 15 is 0 Å². The van der Waals surface area contributed by atoms with Gasteiger partial charge in [-0.25, -0.2) is 0 Å². The zero-order valence-electron chi connectivity index (χ0n) is 14.4. The zero-order valence-corrected chi connectivity index (χ0v) is 14.4. The van der Waals surface area contributed by atoms with Gasteiger partial charge < -0.3 is 9.88 Å². The van der Waals surface area contributed by atoms with Gasteiger partial charge in [0.05, 0.1) is 12.2 Å². The lowest BCUT2D eigenvalue weighted by Crippen LogP contribution is -2.30. The standard InChI is InChI=1S/C22H20N2O2/c25-21(16-7-2-1-3-8-16)15-24-12-6-10-18(14-24)22(26)20-13-17-9-4-5-11-19(17)23-20/h1-5,7-9,11,13-14,23H,6,10,12,15H2. The molecule has 0 unspecified atom stereocenters. The Kier molecular flexibility index (Phi) is 4.40. The average Bonchev–Trinajstić information content (AvgIpc) is 3.12. The van der Waals surface area contributed by atoms with Crippen LogP contribution in [0.3, 0.4) is 0 Å². The number of aromatic amines is 1. The second-order valence-corrected chi connectivity index (χ2v) is 6.62. The number of para-hydroxylation sites is 1. The summed E-state index contributed by atoms with van der Waals surface area (Å²) in [5.41, 5.74) is 3.02. The molecule has 0 saturated carbocycles. The molecule has 4 rings (SSSR count). The molecule has 26 heavy (non-hydrogen) atoms. The quantitative estimate of drug-likeness (QED) is 0.705. The van der Waals surface area contributed by atoms with Gasteiger partial charge in [-0.3, -0.25) is 9.59 Å². The predicted octanol–water partition coefficient (Wildman–Crippen LogP) is 4.21. The first-order chi connectivity index (χ1) is 12.7. The van der Waals surface area contributed by atoms with Crippen molar-refractivity contribution >= 4 is 22.5 Å². The topological polar surface area (TPSA) is 53.2 Å². The second kappa shape index (κ2) is 7.00. The average molecular weight is 344 g/mol. The van der Waals surface area contributed by atoms with Gasteiger partial charge in [-0.1, -0.05) is 48.5 Å². The minimum atomic E-state index is 0.0121. The van der Waals surface area contributed by atoms with Crippen molar-refractivity contribution in [1.82, 2.24) is 9.88 Å². The van der Waals surface area contributed by atoms with E-state index < -0.39 is 0 Å². The minimum Gasteiger partial charge on any atom is -0.369 e. The van der Waals surface area contributed by atoms with Gasteiger partial charge in [0.15, 0.2) is 5.78 Å². The summed E-state index contributed by atoms with van der Waals surface area (Å²) in [5.74, 6) is 0.0826. The number of nitrogens with one attached hydrogen (secondary N) is 1. The van der Waals surface area contributed by atoms with E-state index in [1.54, 1.807) is 0 Å². The smallest absolute Gasteiger partial charge is 0.206 e. The number of H-pyrrole nitrogens is 1. The second-order valence-electron chi connectivity index (χ2n) is 6.62. The summed E-state index contributed by atoms with van der Waals surface area (Å²) in [4.78, 5) is 30.4. The van der Waals surface area contributed by atoms with E-state index in [2.05, 4.69) is 4.98 Å². The molecule has 4 heteroatoms. The Morgan fingerprint density at radius 1 is 1.00 bits per heavy atom. The van der Waals surface area contributed by atoms with E-state index in [1.165, 1.54) is 0 Å². The highest BCUT2D eigenvalue weighted by atomic mass is 16.1. The summed E-state index contributed by atoms with van der Waals surface area (Å²) in [7, 11) is 0. The number of carbonyl (C=O) groups excluding carboxylic acids is 2. The first-order valence-corrected chi connectivity index (χ1v) is 8.86. The first-order valence-electron chi connectivity index (χ1n) is 8.86. The summed E-state index contributed by atoms with van der Waals surface area (Å²) >= 11 is 0. The van der Waals surface area contributed by atoms with E-state index in [1.807, 2.05) is 71.8 Å². The van der Waals surface area contributed by atoms with Crippen LogP contribution in [0, 0.1) is 0 Å². The molecule has 0 radical (unpaired) electrons. The molecule has 0 spiro atoms. The fourth-order valence-electron chi connectivity index (χ4n) is 3.39. The third-order valence-electron chi connectivity index (χ3n) is 4.74. The maximum atomic E-state index is 12.9. The van der Waals surface area contributed by atoms with E-state index in [0.29, 0.717) is 17.8 Å². The number of allylic oxidation sites excluding steroid dienone is 1. The van der Waals surface area contributed by atoms with Crippen LogP contribution in [0.4, 0.5) is 0 Å². The Bertz CT molecular complexity index is 953. The number of Topliss-reactive ketones (excluding diaryl/α,β-unsaturated/α-hetero) is 2. The van der Waals surface area contributed by atoms with Crippen molar-refractivity contribution < 1.29 is 9.59 Å². The fraction of sp³-hybridized carbons (Fsp3) is 0.182. The van der Waals surface area contributed by atoms with Crippen molar-refractivity contribution in [3.8, 4) is 0 Å². The summed E-state index contributed by atoms with van der Waals surface area (Å²) in [6, 6.07) is 19.0. The number of carbonyl (C=O) groups is 2. The molecule has 0 amide bonds. The summed E-state index contributed by atoms with van der Waals surface area (Å²) in [6.45, 7) is 1.09. The number of rotatable bonds is 5. The Morgan fingerprint density at radius 3 is 2.58 bits per heavy atom. The molecule has 0 bridgehead atoms. The van der Waals surface area contributed by atoms with Crippen LogP contribution in [-0.2, 0) is 0 Å². The first kappa shape index (κ1) is 16.3. The van der Waals surface area contributed by atoms with Crippen LogP contribution in [0.2, 0.25) is 0 Å². The van der Waals surface area contributed by atoms with Gasteiger partial charge >= 0.3 is 0 Å². The van der Waals surface area contributed by atoms with Crippen molar-refractivity contribution in [2.24, 2.45) is 0 Å². The highest BCUT2D eigenvalue weighted by Gasteiger charge is 2.20. The number of nitrogens with zero attached hydrogens (tertiary/aromatic N) is 1. The molecule has 2 aromatic carbocycles. The number of benzene rings is 2. The lowest BCUT2D eigenvalue weighted by atomic mass is 10.0. The highest BCUT2D eigenvalue weighted by molar-refractivity contribution is 6.10. The molecule has 130 valence electrons. The van der Waals surface area contributed by atoms with Gasteiger partial charge in [0.2, 0.25) is 5.78 Å². The van der Waals surface area contributed by atoms with Gasteiger partial charge in [-0.15, -0.1) is 0 Å². The number of hydrogen-bond donors (Lipinski definition) is 1. The molecule has 1 N–H and O–H groups in total. The van der Waals surface area contributed by atoms with E-state index in [0.717, 1.165) is 35.9 Å². The van der Waals surface area contributed by atoms with E-state index in [4.69, 9.17) is 0 Å². The molecule has 0 aliphatic carbocycles. The Hall–Kier alpha value is -3.14. The molecule has 0 atom stereocenters. The molecule has 4 nitrogen and oxygen atoms in total.